The fourth-order valence-corrected chi connectivity index (χ4v) is 6.93. The number of hydrogen-bond acceptors (Lipinski definition) is 5. The highest BCUT2D eigenvalue weighted by molar-refractivity contribution is 7.85. The number of carbonyl (C=O) groups excluding carboxylic acids is 1. The van der Waals surface area contributed by atoms with Crippen LogP contribution in [0.25, 0.3) is 5.57 Å². The van der Waals surface area contributed by atoms with Gasteiger partial charge in [0.15, 0.2) is 0 Å². The number of allylic oxidation sites excluding steroid dienone is 1. The Morgan fingerprint density at radius 3 is 2.50 bits per heavy atom. The molecule has 0 aliphatic heterocycles. The first-order chi connectivity index (χ1) is 17.2. The number of Topliss-reactive ketones (excluding diaryl/α,β-unsaturated/α-hetero) is 1. The van der Waals surface area contributed by atoms with E-state index in [0.717, 1.165) is 60.1 Å². The molecule has 36 heavy (non-hydrogen) atoms. The van der Waals surface area contributed by atoms with E-state index in [1.54, 1.807) is 18.2 Å². The second-order valence-electron chi connectivity index (χ2n) is 10.0. The highest BCUT2D eigenvalue weighted by Crippen LogP contribution is 2.42. The molecule has 0 amide bonds. The van der Waals surface area contributed by atoms with Crippen molar-refractivity contribution in [3.05, 3.63) is 53.1 Å². The molecule has 2 aliphatic carbocycles. The Labute approximate surface area is 214 Å². The molecule has 7 heteroatoms. The van der Waals surface area contributed by atoms with Crippen molar-refractivity contribution in [2.75, 3.05) is 5.75 Å². The van der Waals surface area contributed by atoms with Gasteiger partial charge in [0.25, 0.3) is 0 Å². The minimum atomic E-state index is -1.30. The summed E-state index contributed by atoms with van der Waals surface area (Å²) in [5.74, 6) is 0.781. The predicted molar refractivity (Wildman–Crippen MR) is 140 cm³/mol. The van der Waals surface area contributed by atoms with Gasteiger partial charge in [-0.2, -0.15) is 0 Å². The van der Waals surface area contributed by atoms with E-state index in [1.165, 1.54) is 19.3 Å². The van der Waals surface area contributed by atoms with Crippen LogP contribution >= 0.6 is 0 Å². The van der Waals surface area contributed by atoms with Crippen molar-refractivity contribution in [2.45, 2.75) is 76.0 Å². The molecule has 1 atom stereocenters. The largest absolute Gasteiger partial charge is 0.507 e. The molecular weight excluding hydrogens is 476 g/mol. The van der Waals surface area contributed by atoms with E-state index in [-0.39, 0.29) is 18.0 Å². The van der Waals surface area contributed by atoms with E-state index in [2.05, 4.69) is 6.58 Å². The molecule has 0 saturated heterocycles. The first-order valence-electron chi connectivity index (χ1n) is 12.7. The minimum Gasteiger partial charge on any atom is -0.507 e. The second kappa shape index (κ2) is 11.4. The van der Waals surface area contributed by atoms with Crippen molar-refractivity contribution >= 4 is 28.1 Å². The van der Waals surface area contributed by atoms with Crippen LogP contribution in [0.2, 0.25) is 0 Å². The molecule has 0 bridgehead atoms. The van der Waals surface area contributed by atoms with Gasteiger partial charge in [-0.25, -0.2) is 0 Å². The van der Waals surface area contributed by atoms with Gasteiger partial charge in [0.2, 0.25) is 0 Å². The molecule has 192 valence electrons. The molecule has 0 aromatic heterocycles. The number of aliphatic carboxylic acids is 1. The van der Waals surface area contributed by atoms with E-state index < -0.39 is 23.2 Å². The molecule has 6 nitrogen and oxygen atoms in total. The monoisotopic (exact) mass is 510 g/mol. The fraction of sp³-hybridized carbons (Fsp3) is 0.448. The molecule has 1 saturated carbocycles. The first-order valence-corrected chi connectivity index (χ1v) is 14.0. The standard InChI is InChI=1S/C29H34O6S/c1-18(13-21(30)15-28(32)33)25-14-19(2)29(24-10-6-9-23(24)25)35-22-11-12-26(31)27(16-22)36(34)17-20-7-4-3-5-8-20/h11-12,14,16,20,31H,1,3-10,13,15,17H2,2H3,(H,32,33). The normalized spacial score (nSPS) is 16.4. The second-order valence-corrected chi connectivity index (χ2v) is 11.5. The van der Waals surface area contributed by atoms with Crippen LogP contribution in [0.5, 0.6) is 17.2 Å². The van der Waals surface area contributed by atoms with Crippen molar-refractivity contribution in [3.8, 4) is 17.2 Å². The summed E-state index contributed by atoms with van der Waals surface area (Å²) in [4.78, 5) is 23.3. The number of hydrogen-bond donors (Lipinski definition) is 2. The number of fused-ring (bicyclic) bond motifs is 1. The number of aromatic hydroxyl groups is 1. The van der Waals surface area contributed by atoms with E-state index in [4.69, 9.17) is 9.84 Å². The number of carbonyl (C=O) groups is 2. The van der Waals surface area contributed by atoms with E-state index >= 15 is 0 Å². The van der Waals surface area contributed by atoms with Crippen LogP contribution in [-0.2, 0) is 33.2 Å². The molecular formula is C29H34O6S. The van der Waals surface area contributed by atoms with Crippen LogP contribution < -0.4 is 4.74 Å². The zero-order chi connectivity index (χ0) is 25.8. The lowest BCUT2D eigenvalue weighted by Crippen LogP contribution is -2.14. The molecule has 0 radical (unpaired) electrons. The molecule has 1 unspecified atom stereocenters. The lowest BCUT2D eigenvalue weighted by atomic mass is 9.91. The summed E-state index contributed by atoms with van der Waals surface area (Å²) in [7, 11) is -1.30. The van der Waals surface area contributed by atoms with Gasteiger partial charge in [-0.3, -0.25) is 13.8 Å². The third-order valence-corrected chi connectivity index (χ3v) is 8.78. The van der Waals surface area contributed by atoms with Gasteiger partial charge in [-0.05, 0) is 91.0 Å². The Balaban J connectivity index is 1.56. The zero-order valence-electron chi connectivity index (χ0n) is 20.8. The zero-order valence-corrected chi connectivity index (χ0v) is 21.6. The van der Waals surface area contributed by atoms with E-state index in [0.29, 0.717) is 27.9 Å². The number of carboxylic acids is 1. The third kappa shape index (κ3) is 6.06. The van der Waals surface area contributed by atoms with Crippen molar-refractivity contribution in [1.29, 1.82) is 0 Å². The summed E-state index contributed by atoms with van der Waals surface area (Å²) in [5.41, 5.74) is 4.55. The molecule has 2 aliphatic rings. The lowest BCUT2D eigenvalue weighted by Gasteiger charge is -2.21. The Kier molecular flexibility index (Phi) is 8.29. The number of phenols is 1. The Morgan fingerprint density at radius 2 is 1.78 bits per heavy atom. The van der Waals surface area contributed by atoms with E-state index in [1.807, 2.05) is 13.0 Å². The number of benzene rings is 2. The van der Waals surface area contributed by atoms with Gasteiger partial charge in [-0.15, -0.1) is 0 Å². The Hall–Kier alpha value is -2.93. The number of ether oxygens (including phenoxy) is 1. The maximum absolute atomic E-state index is 13.1. The molecule has 1 fully saturated rings. The number of carboxylic acid groups (broad SMARTS) is 1. The maximum Gasteiger partial charge on any atom is 0.310 e. The van der Waals surface area contributed by atoms with Gasteiger partial charge in [0, 0.05) is 18.2 Å². The summed E-state index contributed by atoms with van der Waals surface area (Å²) in [6.07, 6.45) is 7.89. The number of phenolic OH excluding ortho intramolecular Hbond substituents is 1. The Morgan fingerprint density at radius 1 is 1.06 bits per heavy atom. The average molecular weight is 511 g/mol. The average Bonchev–Trinajstić information content (AvgIpc) is 3.31. The molecule has 2 aromatic rings. The smallest absolute Gasteiger partial charge is 0.310 e. The summed E-state index contributed by atoms with van der Waals surface area (Å²) in [6, 6.07) is 6.88. The van der Waals surface area contributed by atoms with Crippen LogP contribution in [0.1, 0.15) is 73.6 Å². The highest BCUT2D eigenvalue weighted by Gasteiger charge is 2.25. The van der Waals surface area contributed by atoms with Crippen molar-refractivity contribution < 1.29 is 28.7 Å². The minimum absolute atomic E-state index is 0.00646. The van der Waals surface area contributed by atoms with E-state index in [9.17, 15) is 18.9 Å². The predicted octanol–water partition coefficient (Wildman–Crippen LogP) is 6.12. The van der Waals surface area contributed by atoms with Gasteiger partial charge in [-0.1, -0.05) is 25.8 Å². The summed E-state index contributed by atoms with van der Waals surface area (Å²) < 4.78 is 19.4. The van der Waals surface area contributed by atoms with Crippen molar-refractivity contribution in [3.63, 3.8) is 0 Å². The summed E-state index contributed by atoms with van der Waals surface area (Å²) in [6.45, 7) is 6.01. The number of rotatable bonds is 10. The third-order valence-electron chi connectivity index (χ3n) is 7.18. The van der Waals surface area contributed by atoms with Crippen LogP contribution in [0.15, 0.2) is 35.7 Å². The lowest BCUT2D eigenvalue weighted by molar-refractivity contribution is -0.139. The van der Waals surface area contributed by atoms with Gasteiger partial charge < -0.3 is 14.9 Å². The van der Waals surface area contributed by atoms with Crippen LogP contribution in [-0.4, -0.2) is 31.9 Å². The number of aryl methyl sites for hydroxylation is 1. The molecule has 2 N–H and O–H groups in total. The SMILES string of the molecule is C=C(CC(=O)CC(=O)O)c1cc(C)c(Oc2ccc(O)c(S(=O)CC3CCCCC3)c2)c2c1CCC2. The topological polar surface area (TPSA) is 101 Å². The molecule has 0 spiro atoms. The van der Waals surface area contributed by atoms with Gasteiger partial charge in [0.1, 0.15) is 29.5 Å². The van der Waals surface area contributed by atoms with Crippen LogP contribution in [0, 0.1) is 12.8 Å². The van der Waals surface area contributed by atoms with Crippen LogP contribution in [0.3, 0.4) is 0 Å². The maximum atomic E-state index is 13.1. The molecule has 0 heterocycles. The fourth-order valence-electron chi connectivity index (χ4n) is 5.44. The Bertz CT molecular complexity index is 1210. The quantitative estimate of drug-likeness (QED) is 0.374. The summed E-state index contributed by atoms with van der Waals surface area (Å²) >= 11 is 0. The number of ketones is 1. The first kappa shape index (κ1) is 26.1. The van der Waals surface area contributed by atoms with Crippen molar-refractivity contribution in [2.24, 2.45) is 5.92 Å². The van der Waals surface area contributed by atoms with Gasteiger partial charge in [0.05, 0.1) is 15.7 Å². The van der Waals surface area contributed by atoms with Gasteiger partial charge >= 0.3 is 5.97 Å². The van der Waals surface area contributed by atoms with Crippen LogP contribution in [0.4, 0.5) is 0 Å². The highest BCUT2D eigenvalue weighted by atomic mass is 32.2. The van der Waals surface area contributed by atoms with Crippen molar-refractivity contribution in [1.82, 2.24) is 0 Å². The molecule has 4 rings (SSSR count). The summed E-state index contributed by atoms with van der Waals surface area (Å²) in [5, 5.41) is 19.3. The molecule has 2 aromatic carbocycles.